The Morgan fingerprint density at radius 1 is 1.43 bits per heavy atom. The largest absolute Gasteiger partial charge is 0.386 e. The van der Waals surface area contributed by atoms with Crippen molar-refractivity contribution in [2.75, 3.05) is 0 Å². The molecule has 0 aliphatic carbocycles. The summed E-state index contributed by atoms with van der Waals surface area (Å²) in [5.74, 6) is 0. The molecule has 0 radical (unpaired) electrons. The predicted molar refractivity (Wildman–Crippen MR) is 56.4 cm³/mol. The van der Waals surface area contributed by atoms with E-state index in [1.807, 2.05) is 19.9 Å². The highest BCUT2D eigenvalue weighted by molar-refractivity contribution is 5.20. The minimum absolute atomic E-state index is 0.0972. The number of rotatable bonds is 2. The van der Waals surface area contributed by atoms with E-state index in [0.29, 0.717) is 12.1 Å². The van der Waals surface area contributed by atoms with Crippen molar-refractivity contribution in [2.24, 2.45) is 0 Å². The van der Waals surface area contributed by atoms with Crippen molar-refractivity contribution in [3.05, 3.63) is 33.7 Å². The Bertz CT molecular complexity index is 385. The molecular formula is C11H17NO2. The summed E-state index contributed by atoms with van der Waals surface area (Å²) in [7, 11) is 0. The quantitative estimate of drug-likeness (QED) is 0.775. The first-order valence-corrected chi connectivity index (χ1v) is 4.81. The molecule has 0 aliphatic heterocycles. The van der Waals surface area contributed by atoms with Crippen molar-refractivity contribution in [3.8, 4) is 0 Å². The summed E-state index contributed by atoms with van der Waals surface area (Å²) in [4.78, 5) is 11.9. The lowest BCUT2D eigenvalue weighted by Crippen LogP contribution is -2.32. The van der Waals surface area contributed by atoms with Crippen LogP contribution in [0.3, 0.4) is 0 Å². The van der Waals surface area contributed by atoms with Gasteiger partial charge in [0.05, 0.1) is 5.60 Å². The van der Waals surface area contributed by atoms with Gasteiger partial charge >= 0.3 is 0 Å². The van der Waals surface area contributed by atoms with Crippen LogP contribution in [0.25, 0.3) is 0 Å². The van der Waals surface area contributed by atoms with Gasteiger partial charge in [0.15, 0.2) is 0 Å². The zero-order valence-corrected chi connectivity index (χ0v) is 9.16. The second kappa shape index (κ2) is 3.58. The summed E-state index contributed by atoms with van der Waals surface area (Å²) < 4.78 is 1.66. The van der Waals surface area contributed by atoms with E-state index in [9.17, 15) is 9.90 Å². The van der Waals surface area contributed by atoms with Gasteiger partial charge in [-0.15, -0.1) is 0 Å². The van der Waals surface area contributed by atoms with E-state index < -0.39 is 5.60 Å². The van der Waals surface area contributed by atoms with Crippen molar-refractivity contribution in [2.45, 2.75) is 39.8 Å². The Labute approximate surface area is 84.0 Å². The van der Waals surface area contributed by atoms with Gasteiger partial charge in [-0.1, -0.05) is 0 Å². The molecule has 0 aromatic carbocycles. The van der Waals surface area contributed by atoms with E-state index in [1.54, 1.807) is 24.5 Å². The minimum Gasteiger partial charge on any atom is -0.386 e. The smallest absolute Gasteiger partial charge is 0.256 e. The molecule has 0 unspecified atom stereocenters. The van der Waals surface area contributed by atoms with Gasteiger partial charge in [0, 0.05) is 17.8 Å². The maximum absolute atomic E-state index is 11.9. The molecule has 1 aromatic rings. The summed E-state index contributed by atoms with van der Waals surface area (Å²) in [5.41, 5.74) is 0.206. The molecule has 0 bridgehead atoms. The molecule has 14 heavy (non-hydrogen) atoms. The lowest BCUT2D eigenvalue weighted by molar-refractivity contribution is 0.0764. The Morgan fingerprint density at radius 3 is 2.43 bits per heavy atom. The van der Waals surface area contributed by atoms with E-state index in [2.05, 4.69) is 0 Å². The van der Waals surface area contributed by atoms with Crippen molar-refractivity contribution >= 4 is 0 Å². The monoisotopic (exact) mass is 195 g/mol. The topological polar surface area (TPSA) is 42.2 Å². The maximum Gasteiger partial charge on any atom is 0.256 e. The molecule has 1 rings (SSSR count). The molecule has 0 saturated heterocycles. The molecule has 3 heteroatoms. The Kier molecular flexibility index (Phi) is 2.81. The van der Waals surface area contributed by atoms with Crippen LogP contribution in [0.2, 0.25) is 0 Å². The third-order valence-corrected chi connectivity index (χ3v) is 2.37. The zero-order chi connectivity index (χ0) is 10.9. The van der Waals surface area contributed by atoms with Crippen molar-refractivity contribution in [1.82, 2.24) is 4.57 Å². The molecular weight excluding hydrogens is 178 g/mol. The lowest BCUT2D eigenvalue weighted by Gasteiger charge is -2.19. The lowest BCUT2D eigenvalue weighted by atomic mass is 10.00. The third kappa shape index (κ3) is 1.87. The highest BCUT2D eigenvalue weighted by Crippen LogP contribution is 2.15. The van der Waals surface area contributed by atoms with E-state index in [4.69, 9.17) is 0 Å². The summed E-state index contributed by atoms with van der Waals surface area (Å²) >= 11 is 0. The third-order valence-electron chi connectivity index (χ3n) is 2.37. The van der Waals surface area contributed by atoms with Crippen LogP contribution in [0.1, 0.15) is 32.0 Å². The maximum atomic E-state index is 11.9. The van der Waals surface area contributed by atoms with Crippen LogP contribution >= 0.6 is 0 Å². The second-order valence-corrected chi connectivity index (χ2v) is 4.00. The van der Waals surface area contributed by atoms with Crippen LogP contribution in [-0.2, 0) is 12.1 Å². The second-order valence-electron chi connectivity index (χ2n) is 4.00. The van der Waals surface area contributed by atoms with Crippen LogP contribution in [0.15, 0.2) is 16.9 Å². The van der Waals surface area contributed by atoms with E-state index in [0.717, 1.165) is 5.69 Å². The van der Waals surface area contributed by atoms with Gasteiger partial charge in [0.25, 0.3) is 5.56 Å². The number of aromatic nitrogens is 1. The van der Waals surface area contributed by atoms with Gasteiger partial charge in [-0.2, -0.15) is 0 Å². The van der Waals surface area contributed by atoms with Crippen LogP contribution in [0.5, 0.6) is 0 Å². The molecule has 0 aliphatic rings. The van der Waals surface area contributed by atoms with E-state index in [1.165, 1.54) is 0 Å². The van der Waals surface area contributed by atoms with Gasteiger partial charge in [-0.25, -0.2) is 0 Å². The zero-order valence-electron chi connectivity index (χ0n) is 9.16. The van der Waals surface area contributed by atoms with Crippen molar-refractivity contribution in [1.29, 1.82) is 0 Å². The van der Waals surface area contributed by atoms with Gasteiger partial charge in [0.1, 0.15) is 0 Å². The number of hydrogen-bond acceptors (Lipinski definition) is 2. The first-order chi connectivity index (χ1) is 6.38. The molecule has 78 valence electrons. The summed E-state index contributed by atoms with van der Waals surface area (Å²) in [5, 5.41) is 9.77. The fourth-order valence-corrected chi connectivity index (χ4v) is 1.53. The van der Waals surface area contributed by atoms with Crippen LogP contribution in [-0.4, -0.2) is 9.67 Å². The minimum atomic E-state index is -1.07. The highest BCUT2D eigenvalue weighted by atomic mass is 16.3. The first-order valence-electron chi connectivity index (χ1n) is 4.81. The predicted octanol–water partition coefficient (Wildman–Crippen LogP) is 1.40. The molecule has 0 atom stereocenters. The van der Waals surface area contributed by atoms with Gasteiger partial charge in [-0.05, 0) is 39.8 Å². The number of pyridine rings is 1. The van der Waals surface area contributed by atoms with Crippen LogP contribution < -0.4 is 5.56 Å². The number of aliphatic hydroxyl groups is 1. The van der Waals surface area contributed by atoms with Crippen LogP contribution in [0, 0.1) is 6.92 Å². The fraction of sp³-hybridized carbons (Fsp3) is 0.545. The number of aryl methyl sites for hydroxylation is 1. The summed E-state index contributed by atoms with van der Waals surface area (Å²) in [6.45, 7) is 7.69. The van der Waals surface area contributed by atoms with Crippen molar-refractivity contribution < 1.29 is 5.11 Å². The average molecular weight is 195 g/mol. The molecule has 0 amide bonds. The fourth-order valence-electron chi connectivity index (χ4n) is 1.53. The summed E-state index contributed by atoms with van der Waals surface area (Å²) in [6, 6.07) is 3.56. The molecule has 1 heterocycles. The molecule has 0 spiro atoms. The highest BCUT2D eigenvalue weighted by Gasteiger charge is 2.20. The van der Waals surface area contributed by atoms with Crippen molar-refractivity contribution in [3.63, 3.8) is 0 Å². The number of nitrogens with zero attached hydrogens (tertiary/aromatic N) is 1. The Morgan fingerprint density at radius 2 is 2.00 bits per heavy atom. The molecule has 0 fully saturated rings. The van der Waals surface area contributed by atoms with Crippen LogP contribution in [0.4, 0.5) is 0 Å². The molecule has 0 saturated carbocycles. The van der Waals surface area contributed by atoms with E-state index in [-0.39, 0.29) is 5.56 Å². The van der Waals surface area contributed by atoms with Gasteiger partial charge in [0.2, 0.25) is 0 Å². The SMILES string of the molecule is CCn1c(C)ccc(C(C)(C)O)c1=O. The van der Waals surface area contributed by atoms with E-state index >= 15 is 0 Å². The number of hydrogen-bond donors (Lipinski definition) is 1. The molecule has 1 aromatic heterocycles. The average Bonchev–Trinajstić information content (AvgIpc) is 2.02. The standard InChI is InChI=1S/C11H17NO2/c1-5-12-8(2)6-7-9(10(12)13)11(3,4)14/h6-7,14H,5H2,1-4H3. The Hall–Kier alpha value is -1.09. The molecule has 3 nitrogen and oxygen atoms in total. The first kappa shape index (κ1) is 11.0. The summed E-state index contributed by atoms with van der Waals surface area (Å²) in [6.07, 6.45) is 0. The van der Waals surface area contributed by atoms with Gasteiger partial charge in [-0.3, -0.25) is 4.79 Å². The molecule has 1 N–H and O–H groups in total. The Balaban J connectivity index is 3.44. The normalized spacial score (nSPS) is 11.8. The van der Waals surface area contributed by atoms with Gasteiger partial charge < -0.3 is 9.67 Å².